The van der Waals surface area contributed by atoms with Crippen LogP contribution in [0.4, 0.5) is 0 Å². The average molecular weight is 269 g/mol. The number of rotatable bonds is 7. The Morgan fingerprint density at radius 1 is 1.26 bits per heavy atom. The van der Waals surface area contributed by atoms with Crippen LogP contribution < -0.4 is 10.6 Å². The molecule has 0 atom stereocenters. The van der Waals surface area contributed by atoms with E-state index in [0.717, 1.165) is 51.9 Å². The Balaban J connectivity index is 2.00. The van der Waals surface area contributed by atoms with Crippen molar-refractivity contribution in [2.24, 2.45) is 5.92 Å². The molecule has 0 bridgehead atoms. The fraction of sp³-hybridized carbons (Fsp3) is 0.857. The van der Waals surface area contributed by atoms with Gasteiger partial charge in [0.25, 0.3) is 0 Å². The fourth-order valence-electron chi connectivity index (χ4n) is 2.22. The van der Waals surface area contributed by atoms with Crippen LogP contribution in [0.25, 0.3) is 0 Å². The van der Waals surface area contributed by atoms with Crippen molar-refractivity contribution >= 4 is 11.8 Å². The zero-order valence-corrected chi connectivity index (χ0v) is 12.2. The summed E-state index contributed by atoms with van der Waals surface area (Å²) in [7, 11) is 1.79. The molecule has 0 aromatic carbocycles. The molecular weight excluding hydrogens is 242 g/mol. The van der Waals surface area contributed by atoms with E-state index in [1.54, 1.807) is 18.9 Å². The van der Waals surface area contributed by atoms with Gasteiger partial charge in [-0.05, 0) is 44.7 Å². The van der Waals surface area contributed by atoms with Crippen LogP contribution in [0.2, 0.25) is 0 Å². The van der Waals surface area contributed by atoms with Crippen molar-refractivity contribution < 1.29 is 9.59 Å². The van der Waals surface area contributed by atoms with Crippen molar-refractivity contribution in [3.8, 4) is 0 Å². The highest BCUT2D eigenvalue weighted by atomic mass is 16.2. The van der Waals surface area contributed by atoms with Crippen molar-refractivity contribution in [1.29, 1.82) is 0 Å². The van der Waals surface area contributed by atoms with Gasteiger partial charge in [0.05, 0.1) is 0 Å². The van der Waals surface area contributed by atoms with Crippen LogP contribution in [-0.2, 0) is 9.59 Å². The average Bonchev–Trinajstić information content (AvgIpc) is 2.42. The first-order chi connectivity index (χ1) is 9.09. The lowest BCUT2D eigenvalue weighted by atomic mass is 9.98. The van der Waals surface area contributed by atoms with Gasteiger partial charge in [0.15, 0.2) is 0 Å². The summed E-state index contributed by atoms with van der Waals surface area (Å²) in [5.74, 6) is 0.855. The highest BCUT2D eigenvalue weighted by Gasteiger charge is 2.13. The number of amides is 2. The van der Waals surface area contributed by atoms with Crippen LogP contribution in [0.1, 0.15) is 39.0 Å². The first-order valence-corrected chi connectivity index (χ1v) is 7.28. The van der Waals surface area contributed by atoms with E-state index in [1.165, 1.54) is 0 Å². The Hall–Kier alpha value is -1.10. The predicted molar refractivity (Wildman–Crippen MR) is 75.8 cm³/mol. The second-order valence-corrected chi connectivity index (χ2v) is 5.40. The molecule has 1 aliphatic heterocycles. The van der Waals surface area contributed by atoms with E-state index in [2.05, 4.69) is 10.6 Å². The van der Waals surface area contributed by atoms with Crippen molar-refractivity contribution in [1.82, 2.24) is 15.5 Å². The molecule has 0 unspecified atom stereocenters. The molecule has 1 heterocycles. The van der Waals surface area contributed by atoms with Crippen molar-refractivity contribution in [3.05, 3.63) is 0 Å². The van der Waals surface area contributed by atoms with E-state index >= 15 is 0 Å². The summed E-state index contributed by atoms with van der Waals surface area (Å²) in [5, 5.41) is 6.34. The van der Waals surface area contributed by atoms with Gasteiger partial charge in [-0.25, -0.2) is 0 Å². The molecule has 0 radical (unpaired) electrons. The van der Waals surface area contributed by atoms with Crippen LogP contribution in [0.3, 0.4) is 0 Å². The fourth-order valence-corrected chi connectivity index (χ4v) is 2.22. The molecule has 1 saturated heterocycles. The monoisotopic (exact) mass is 269 g/mol. The summed E-state index contributed by atoms with van der Waals surface area (Å²) in [6, 6.07) is 0. The van der Waals surface area contributed by atoms with E-state index in [1.807, 2.05) is 0 Å². The quantitative estimate of drug-likeness (QED) is 0.671. The van der Waals surface area contributed by atoms with E-state index in [4.69, 9.17) is 0 Å². The first kappa shape index (κ1) is 16.0. The summed E-state index contributed by atoms with van der Waals surface area (Å²) in [6.45, 7) is 5.24. The Morgan fingerprint density at radius 3 is 2.58 bits per heavy atom. The smallest absolute Gasteiger partial charge is 0.220 e. The number of piperidine rings is 1. The van der Waals surface area contributed by atoms with Crippen LogP contribution in [0, 0.1) is 5.92 Å². The molecule has 110 valence electrons. The van der Waals surface area contributed by atoms with Crippen molar-refractivity contribution in [2.45, 2.75) is 39.0 Å². The number of nitrogens with zero attached hydrogens (tertiary/aromatic N) is 1. The maximum atomic E-state index is 11.7. The molecule has 0 saturated carbocycles. The van der Waals surface area contributed by atoms with Gasteiger partial charge in [-0.3, -0.25) is 9.59 Å². The number of hydrogen-bond acceptors (Lipinski definition) is 3. The number of carbonyl (C=O) groups is 2. The zero-order valence-electron chi connectivity index (χ0n) is 12.2. The van der Waals surface area contributed by atoms with Gasteiger partial charge in [0.2, 0.25) is 11.8 Å². The van der Waals surface area contributed by atoms with Crippen LogP contribution >= 0.6 is 0 Å². The van der Waals surface area contributed by atoms with Crippen LogP contribution in [-0.4, -0.2) is 49.9 Å². The minimum atomic E-state index is 0.0790. The topological polar surface area (TPSA) is 61.4 Å². The third kappa shape index (κ3) is 7.15. The molecule has 1 rings (SSSR count). The third-order valence-electron chi connectivity index (χ3n) is 3.73. The highest BCUT2D eigenvalue weighted by molar-refractivity contribution is 5.75. The molecule has 2 N–H and O–H groups in total. The second kappa shape index (κ2) is 8.91. The van der Waals surface area contributed by atoms with E-state index < -0.39 is 0 Å². The molecule has 0 aromatic heterocycles. The molecule has 5 heteroatoms. The molecular formula is C14H27N3O2. The van der Waals surface area contributed by atoms with Gasteiger partial charge in [-0.1, -0.05) is 0 Å². The Kier molecular flexibility index (Phi) is 7.48. The van der Waals surface area contributed by atoms with Gasteiger partial charge in [-0.2, -0.15) is 0 Å². The number of carbonyl (C=O) groups excluding carboxylic acids is 2. The van der Waals surface area contributed by atoms with Crippen molar-refractivity contribution in [3.63, 3.8) is 0 Å². The molecule has 5 nitrogen and oxygen atoms in total. The van der Waals surface area contributed by atoms with Crippen LogP contribution in [0.5, 0.6) is 0 Å². The Morgan fingerprint density at radius 2 is 1.95 bits per heavy atom. The molecule has 0 spiro atoms. The van der Waals surface area contributed by atoms with E-state index in [0.29, 0.717) is 12.3 Å². The van der Waals surface area contributed by atoms with Gasteiger partial charge >= 0.3 is 0 Å². The van der Waals surface area contributed by atoms with Gasteiger partial charge in [0, 0.05) is 33.5 Å². The summed E-state index contributed by atoms with van der Waals surface area (Å²) in [4.78, 5) is 24.3. The molecule has 0 aliphatic carbocycles. The zero-order chi connectivity index (χ0) is 14.1. The number of nitrogens with one attached hydrogen (secondary N) is 2. The van der Waals surface area contributed by atoms with Gasteiger partial charge in [-0.15, -0.1) is 0 Å². The summed E-state index contributed by atoms with van der Waals surface area (Å²) in [6.07, 6.45) is 4.61. The Labute approximate surface area is 116 Å². The van der Waals surface area contributed by atoms with E-state index in [9.17, 15) is 9.59 Å². The SMILES string of the molecule is CC(=O)N(C)CCCCC(=O)NCC1CCNCC1. The molecule has 1 aliphatic rings. The maximum absolute atomic E-state index is 11.7. The lowest BCUT2D eigenvalue weighted by molar-refractivity contribution is -0.127. The minimum absolute atomic E-state index is 0.0790. The molecule has 2 amide bonds. The van der Waals surface area contributed by atoms with Crippen LogP contribution in [0.15, 0.2) is 0 Å². The lowest BCUT2D eigenvalue weighted by Crippen LogP contribution is -2.35. The minimum Gasteiger partial charge on any atom is -0.356 e. The summed E-state index contributed by atoms with van der Waals surface area (Å²) >= 11 is 0. The van der Waals surface area contributed by atoms with Gasteiger partial charge < -0.3 is 15.5 Å². The lowest BCUT2D eigenvalue weighted by Gasteiger charge is -2.22. The highest BCUT2D eigenvalue weighted by Crippen LogP contribution is 2.09. The standard InChI is InChI=1S/C14H27N3O2/c1-12(18)17(2)10-4-3-5-14(19)16-11-13-6-8-15-9-7-13/h13,15H,3-11H2,1-2H3,(H,16,19). The normalized spacial score (nSPS) is 16.1. The largest absolute Gasteiger partial charge is 0.356 e. The first-order valence-electron chi connectivity index (χ1n) is 7.28. The maximum Gasteiger partial charge on any atom is 0.220 e. The second-order valence-electron chi connectivity index (χ2n) is 5.40. The van der Waals surface area contributed by atoms with E-state index in [-0.39, 0.29) is 11.8 Å². The number of unbranched alkanes of at least 4 members (excludes halogenated alkanes) is 1. The molecule has 1 fully saturated rings. The predicted octanol–water partition coefficient (Wildman–Crippen LogP) is 0.751. The molecule has 19 heavy (non-hydrogen) atoms. The number of hydrogen-bond donors (Lipinski definition) is 2. The summed E-state index contributed by atoms with van der Waals surface area (Å²) < 4.78 is 0. The summed E-state index contributed by atoms with van der Waals surface area (Å²) in [5.41, 5.74) is 0. The third-order valence-corrected chi connectivity index (χ3v) is 3.73. The Bertz CT molecular complexity index is 288. The molecule has 0 aromatic rings. The van der Waals surface area contributed by atoms with Gasteiger partial charge in [0.1, 0.15) is 0 Å². The van der Waals surface area contributed by atoms with Crippen molar-refractivity contribution in [2.75, 3.05) is 33.2 Å².